The quantitative estimate of drug-likeness (QED) is 0.723. The molecule has 114 valence electrons. The number of aryl methyl sites for hydroxylation is 1. The van der Waals surface area contributed by atoms with Crippen LogP contribution in [0.2, 0.25) is 5.02 Å². The molecule has 2 aromatic rings. The summed E-state index contributed by atoms with van der Waals surface area (Å²) in [7, 11) is 0. The molecule has 1 unspecified atom stereocenters. The van der Waals surface area contributed by atoms with Gasteiger partial charge in [-0.15, -0.1) is 11.3 Å². The first kappa shape index (κ1) is 16.5. The van der Waals surface area contributed by atoms with Crippen LogP contribution in [-0.4, -0.2) is 18.1 Å². The van der Waals surface area contributed by atoms with Gasteiger partial charge >= 0.3 is 0 Å². The number of halogens is 1. The Labute approximate surface area is 136 Å². The molecule has 0 aliphatic heterocycles. The molecule has 0 fully saturated rings. The first-order chi connectivity index (χ1) is 10.2. The number of thiazole rings is 1. The average molecular weight is 323 g/mol. The van der Waals surface area contributed by atoms with Crippen LogP contribution in [0.5, 0.6) is 0 Å². The highest BCUT2D eigenvalue weighted by molar-refractivity contribution is 7.09. The molecule has 0 aliphatic rings. The topological polar surface area (TPSA) is 24.9 Å². The van der Waals surface area contributed by atoms with Crippen LogP contribution in [-0.2, 0) is 12.8 Å². The molecule has 21 heavy (non-hydrogen) atoms. The van der Waals surface area contributed by atoms with Crippen LogP contribution in [0.15, 0.2) is 29.6 Å². The molecule has 1 aromatic carbocycles. The lowest BCUT2D eigenvalue weighted by Gasteiger charge is -2.17. The predicted molar refractivity (Wildman–Crippen MR) is 92.4 cm³/mol. The van der Waals surface area contributed by atoms with E-state index in [4.69, 9.17) is 11.6 Å². The fourth-order valence-corrected chi connectivity index (χ4v) is 3.20. The Bertz CT molecular complexity index is 536. The molecule has 0 radical (unpaired) electrons. The average Bonchev–Trinajstić information content (AvgIpc) is 2.87. The van der Waals surface area contributed by atoms with Crippen LogP contribution >= 0.6 is 22.9 Å². The van der Waals surface area contributed by atoms with Crippen LogP contribution in [0.4, 0.5) is 0 Å². The summed E-state index contributed by atoms with van der Waals surface area (Å²) in [6, 6.07) is 8.20. The standard InChI is InChI=1S/C17H23ClN2S/c1-3-8-19-11-15(10-17-12-21-13(2)20-17)9-14-4-6-16(18)7-5-14/h4-7,12,15,19H,3,8-11H2,1-2H3. The normalized spacial score (nSPS) is 12.5. The Kier molecular flexibility index (Phi) is 6.68. The van der Waals surface area contributed by atoms with Crippen LogP contribution in [0, 0.1) is 12.8 Å². The highest BCUT2D eigenvalue weighted by Gasteiger charge is 2.12. The van der Waals surface area contributed by atoms with E-state index in [9.17, 15) is 0 Å². The monoisotopic (exact) mass is 322 g/mol. The maximum atomic E-state index is 5.96. The number of aromatic nitrogens is 1. The van der Waals surface area contributed by atoms with Gasteiger partial charge in [0.15, 0.2) is 0 Å². The first-order valence-electron chi connectivity index (χ1n) is 7.53. The maximum Gasteiger partial charge on any atom is 0.0897 e. The number of nitrogens with one attached hydrogen (secondary N) is 1. The van der Waals surface area contributed by atoms with E-state index in [2.05, 4.69) is 41.7 Å². The molecule has 1 atom stereocenters. The molecular formula is C17H23ClN2S. The number of benzene rings is 1. The van der Waals surface area contributed by atoms with Crippen molar-refractivity contribution in [1.29, 1.82) is 0 Å². The molecule has 0 bridgehead atoms. The second kappa shape index (κ2) is 8.52. The van der Waals surface area contributed by atoms with E-state index in [0.29, 0.717) is 5.92 Å². The molecule has 1 N–H and O–H groups in total. The molecule has 2 rings (SSSR count). The Balaban J connectivity index is 1.98. The minimum Gasteiger partial charge on any atom is -0.316 e. The van der Waals surface area contributed by atoms with Gasteiger partial charge in [0.25, 0.3) is 0 Å². The second-order valence-corrected chi connectivity index (χ2v) is 6.96. The molecule has 0 aliphatic carbocycles. The molecule has 0 saturated carbocycles. The van der Waals surface area contributed by atoms with Crippen molar-refractivity contribution < 1.29 is 0 Å². The third-order valence-electron chi connectivity index (χ3n) is 3.46. The zero-order valence-corrected chi connectivity index (χ0v) is 14.3. The van der Waals surface area contributed by atoms with E-state index in [-0.39, 0.29) is 0 Å². The van der Waals surface area contributed by atoms with Gasteiger partial charge in [-0.1, -0.05) is 30.7 Å². The first-order valence-corrected chi connectivity index (χ1v) is 8.79. The molecule has 0 saturated heterocycles. The van der Waals surface area contributed by atoms with Crippen molar-refractivity contribution in [1.82, 2.24) is 10.3 Å². The summed E-state index contributed by atoms with van der Waals surface area (Å²) < 4.78 is 0. The van der Waals surface area contributed by atoms with Gasteiger partial charge in [-0.3, -0.25) is 0 Å². The summed E-state index contributed by atoms with van der Waals surface area (Å²) in [6.45, 7) is 6.38. The van der Waals surface area contributed by atoms with Crippen molar-refractivity contribution in [2.45, 2.75) is 33.1 Å². The summed E-state index contributed by atoms with van der Waals surface area (Å²) in [5, 5.41) is 7.68. The van der Waals surface area contributed by atoms with Gasteiger partial charge in [0.2, 0.25) is 0 Å². The van der Waals surface area contributed by atoms with Gasteiger partial charge in [-0.25, -0.2) is 4.98 Å². The van der Waals surface area contributed by atoms with E-state index in [1.54, 1.807) is 11.3 Å². The Hall–Kier alpha value is -0.900. The third-order valence-corrected chi connectivity index (χ3v) is 4.54. The van der Waals surface area contributed by atoms with Gasteiger partial charge in [0, 0.05) is 10.4 Å². The summed E-state index contributed by atoms with van der Waals surface area (Å²) in [4.78, 5) is 4.60. The lowest BCUT2D eigenvalue weighted by molar-refractivity contribution is 0.467. The van der Waals surface area contributed by atoms with E-state index in [0.717, 1.165) is 36.0 Å². The highest BCUT2D eigenvalue weighted by Crippen LogP contribution is 2.18. The summed E-state index contributed by atoms with van der Waals surface area (Å²) >= 11 is 7.70. The molecule has 1 aromatic heterocycles. The van der Waals surface area contributed by atoms with Crippen LogP contribution in [0.3, 0.4) is 0 Å². The number of hydrogen-bond donors (Lipinski definition) is 1. The van der Waals surface area contributed by atoms with Gasteiger partial charge in [0.05, 0.1) is 10.7 Å². The van der Waals surface area contributed by atoms with Gasteiger partial charge in [-0.05, 0) is 62.9 Å². The smallest absolute Gasteiger partial charge is 0.0897 e. The molecule has 1 heterocycles. The Morgan fingerprint density at radius 3 is 2.62 bits per heavy atom. The summed E-state index contributed by atoms with van der Waals surface area (Å²) in [5.74, 6) is 0.569. The van der Waals surface area contributed by atoms with Crippen molar-refractivity contribution in [3.63, 3.8) is 0 Å². The van der Waals surface area contributed by atoms with Crippen LogP contribution in [0.25, 0.3) is 0 Å². The summed E-state index contributed by atoms with van der Waals surface area (Å²) in [6.07, 6.45) is 3.26. The van der Waals surface area contributed by atoms with Crippen molar-refractivity contribution in [2.24, 2.45) is 5.92 Å². The predicted octanol–water partition coefficient (Wildman–Crippen LogP) is 4.51. The van der Waals surface area contributed by atoms with E-state index in [1.165, 1.54) is 17.7 Å². The molecule has 2 nitrogen and oxygen atoms in total. The van der Waals surface area contributed by atoms with Crippen molar-refractivity contribution in [3.8, 4) is 0 Å². The van der Waals surface area contributed by atoms with Gasteiger partial charge in [0.1, 0.15) is 0 Å². The van der Waals surface area contributed by atoms with Crippen LogP contribution < -0.4 is 5.32 Å². The number of nitrogens with zero attached hydrogens (tertiary/aromatic N) is 1. The zero-order chi connectivity index (χ0) is 15.1. The Morgan fingerprint density at radius 1 is 1.24 bits per heavy atom. The van der Waals surface area contributed by atoms with E-state index < -0.39 is 0 Å². The highest BCUT2D eigenvalue weighted by atomic mass is 35.5. The number of hydrogen-bond acceptors (Lipinski definition) is 3. The molecular weight excluding hydrogens is 300 g/mol. The van der Waals surface area contributed by atoms with Crippen LogP contribution in [0.1, 0.15) is 29.6 Å². The van der Waals surface area contributed by atoms with Crippen molar-refractivity contribution in [3.05, 3.63) is 50.9 Å². The fourth-order valence-electron chi connectivity index (χ4n) is 2.45. The summed E-state index contributed by atoms with van der Waals surface area (Å²) in [5.41, 5.74) is 2.56. The number of rotatable bonds is 8. The van der Waals surface area contributed by atoms with Gasteiger partial charge in [-0.2, -0.15) is 0 Å². The van der Waals surface area contributed by atoms with Gasteiger partial charge < -0.3 is 5.32 Å². The van der Waals surface area contributed by atoms with Crippen molar-refractivity contribution >= 4 is 22.9 Å². The SMILES string of the molecule is CCCNCC(Cc1ccc(Cl)cc1)Cc1csc(C)n1. The minimum atomic E-state index is 0.569. The van der Waals surface area contributed by atoms with Crippen molar-refractivity contribution in [2.75, 3.05) is 13.1 Å². The van der Waals surface area contributed by atoms with E-state index in [1.807, 2.05) is 12.1 Å². The largest absolute Gasteiger partial charge is 0.316 e. The third kappa shape index (κ3) is 5.77. The minimum absolute atomic E-state index is 0.569. The molecule has 0 spiro atoms. The lowest BCUT2D eigenvalue weighted by Crippen LogP contribution is -2.26. The lowest BCUT2D eigenvalue weighted by atomic mass is 9.95. The second-order valence-electron chi connectivity index (χ2n) is 5.46. The van der Waals surface area contributed by atoms with E-state index >= 15 is 0 Å². The fraction of sp³-hybridized carbons (Fsp3) is 0.471. The molecule has 4 heteroatoms. The Morgan fingerprint density at radius 2 is 2.00 bits per heavy atom. The maximum absolute atomic E-state index is 5.96. The molecule has 0 amide bonds. The zero-order valence-electron chi connectivity index (χ0n) is 12.7.